The number of fused-ring (bicyclic) bond motifs is 1. The molecule has 0 fully saturated rings. The minimum atomic E-state index is -4.94. The first kappa shape index (κ1) is 60.3. The van der Waals surface area contributed by atoms with Crippen LogP contribution in [0.25, 0.3) is 21.9 Å². The van der Waals surface area contributed by atoms with Crippen molar-refractivity contribution < 1.29 is 87.0 Å². The number of hydrogen-bond acceptors (Lipinski definition) is 11. The summed E-state index contributed by atoms with van der Waals surface area (Å²) >= 11 is 17.1. The molecule has 70 heavy (non-hydrogen) atoms. The van der Waals surface area contributed by atoms with Gasteiger partial charge in [-0.15, -0.1) is 0 Å². The van der Waals surface area contributed by atoms with Crippen LogP contribution in [0.1, 0.15) is 29.0 Å². The van der Waals surface area contributed by atoms with Gasteiger partial charge < -0.3 is 54.1 Å². The fourth-order valence-electron chi connectivity index (χ4n) is 5.93. The van der Waals surface area contributed by atoms with Gasteiger partial charge in [-0.1, -0.05) is 95.5 Å². The van der Waals surface area contributed by atoms with Gasteiger partial charge in [-0.05, 0) is 59.3 Å². The lowest BCUT2D eigenvalue weighted by Crippen LogP contribution is -2.20. The Morgan fingerprint density at radius 3 is 1.71 bits per heavy atom. The number of nitrogens with zero attached hydrogens (tertiary/aromatic N) is 4. The molecule has 3 heterocycles. The first-order valence-corrected chi connectivity index (χ1v) is 28.9. The molecule has 0 saturated heterocycles. The van der Waals surface area contributed by atoms with Crippen LogP contribution in [0.4, 0.5) is 0 Å². The van der Waals surface area contributed by atoms with Gasteiger partial charge in [0.15, 0.2) is 10.8 Å². The molecule has 1 unspecified atom stereocenters. The smallest absolute Gasteiger partial charge is 0.341 e. The number of halogens is 3. The number of carbonyl (C=O) groups is 1. The predicted molar refractivity (Wildman–Crippen MR) is 258 cm³/mol. The van der Waals surface area contributed by atoms with Gasteiger partial charge in [0.05, 0.1) is 26.9 Å². The number of benzene rings is 3. The lowest BCUT2D eigenvalue weighted by atomic mass is 10.1. The van der Waals surface area contributed by atoms with E-state index in [2.05, 4.69) is 9.97 Å². The van der Waals surface area contributed by atoms with Crippen LogP contribution in [0.3, 0.4) is 0 Å². The molecule has 31 heteroatoms. The van der Waals surface area contributed by atoms with E-state index in [0.29, 0.717) is 25.8 Å². The zero-order valence-electron chi connectivity index (χ0n) is 35.6. The summed E-state index contributed by atoms with van der Waals surface area (Å²) < 4.78 is 56.6. The Bertz CT molecular complexity index is 2960. The molecule has 0 aliphatic rings. The Kier molecular flexibility index (Phi) is 22.5. The molecule has 1 atom stereocenters. The molecular weight excluding hydrogens is 1090 g/mol. The maximum Gasteiger partial charge on any atom is 0.341 e. The first-order chi connectivity index (χ1) is 32.3. The Morgan fingerprint density at radius 2 is 1.20 bits per heavy atom. The fourth-order valence-corrected chi connectivity index (χ4v) is 12.2. The standard InChI is InChI=1S/C11H13NO6P2.C11H9NO2.C10H12Cl2NO5P.C7H10ClNO6P2/c13-19(14,15)11(20(16,17)18)7-10-9-4-2-1-3-8(9)5-6-12-10;13-11-7-6-10(8-12(11)14)9-4-2-1-3-5-9;11-8-2-1-7(5-9(8)12)10(19(16,17)18)3-4-13(15)6-14;8-5-1-2-6(9-4-5)3-7(16(10,11)12)17(13,14)15/h1-6,11H,7H2,(H2,13,14,15)(H2,16,17,18);1-8,14H;1-2,5-6,10,15H,3-4H2,(H2,16,17,18);1-2,4,7H,3H2,(H2,10,11,12)(H2,13,14,15). The van der Waals surface area contributed by atoms with Gasteiger partial charge in [0.25, 0.3) is 5.56 Å². The summed E-state index contributed by atoms with van der Waals surface area (Å²) in [7, 11) is -24.2. The highest BCUT2D eigenvalue weighted by Crippen LogP contribution is 2.62. The minimum Gasteiger partial charge on any atom is -0.425 e. The SMILES string of the molecule is O=CN(O)CCC(c1ccc(Cl)c(Cl)c1)P(=O)(O)O.O=P(O)(O)C(Cc1ccc(Cl)cn1)P(=O)(O)O.O=P(O)(O)C(Cc1nccc2ccccc12)P(=O)(O)O.O=c1ccc(-c2ccccc2)cn1O. The number of rotatable bonds is 15. The van der Waals surface area contributed by atoms with E-state index in [1.807, 2.05) is 30.3 Å². The van der Waals surface area contributed by atoms with Crippen molar-refractivity contribution in [2.24, 2.45) is 0 Å². The van der Waals surface area contributed by atoms with Crippen molar-refractivity contribution in [1.82, 2.24) is 19.8 Å². The predicted octanol–water partition coefficient (Wildman–Crippen LogP) is 6.62. The van der Waals surface area contributed by atoms with Crippen molar-refractivity contribution in [3.05, 3.63) is 164 Å². The average Bonchev–Trinajstić information content (AvgIpc) is 3.26. The van der Waals surface area contributed by atoms with Crippen molar-refractivity contribution in [3.63, 3.8) is 0 Å². The monoisotopic (exact) mass is 1130 g/mol. The topological polar surface area (TPSA) is 396 Å². The number of aromatic nitrogens is 3. The Morgan fingerprint density at radius 1 is 0.629 bits per heavy atom. The van der Waals surface area contributed by atoms with Crippen molar-refractivity contribution >= 4 is 90.0 Å². The highest BCUT2D eigenvalue weighted by Gasteiger charge is 2.44. The lowest BCUT2D eigenvalue weighted by Gasteiger charge is -2.20. The van der Waals surface area contributed by atoms with Gasteiger partial charge in [0, 0.05) is 60.2 Å². The first-order valence-electron chi connectivity index (χ1n) is 19.3. The maximum atomic E-state index is 11.5. The molecule has 3 aromatic heterocycles. The van der Waals surface area contributed by atoms with Crippen LogP contribution in [-0.4, -0.2) is 103 Å². The van der Waals surface area contributed by atoms with Gasteiger partial charge >= 0.3 is 38.0 Å². The summed E-state index contributed by atoms with van der Waals surface area (Å²) in [6.45, 7) is -0.209. The molecule has 380 valence electrons. The van der Waals surface area contributed by atoms with Crippen LogP contribution in [0.15, 0.2) is 127 Å². The van der Waals surface area contributed by atoms with Gasteiger partial charge in [-0.25, -0.2) is 5.06 Å². The summed E-state index contributed by atoms with van der Waals surface area (Å²) in [5.41, 5.74) is 0.873. The lowest BCUT2D eigenvalue weighted by molar-refractivity contribution is -0.149. The van der Waals surface area contributed by atoms with Crippen LogP contribution in [-0.2, 0) is 40.5 Å². The third kappa shape index (κ3) is 19.6. The van der Waals surface area contributed by atoms with Crippen molar-refractivity contribution in [3.8, 4) is 11.1 Å². The fraction of sp³-hybridized carbons (Fsp3) is 0.179. The second-order valence-corrected chi connectivity index (χ2v) is 25.5. The molecule has 0 radical (unpaired) electrons. The van der Waals surface area contributed by atoms with E-state index in [9.17, 15) is 42.2 Å². The molecule has 0 aliphatic heterocycles. The third-order valence-electron chi connectivity index (χ3n) is 9.35. The van der Waals surface area contributed by atoms with Crippen LogP contribution in [0, 0.1) is 0 Å². The van der Waals surface area contributed by atoms with Crippen molar-refractivity contribution in [2.45, 2.75) is 35.7 Å². The van der Waals surface area contributed by atoms with Crippen molar-refractivity contribution in [1.29, 1.82) is 0 Å². The molecule has 3 aromatic carbocycles. The summed E-state index contributed by atoms with van der Waals surface area (Å²) in [5, 5.41) is 16.5. The van der Waals surface area contributed by atoms with E-state index in [4.69, 9.17) is 84.4 Å². The van der Waals surface area contributed by atoms with E-state index in [1.54, 1.807) is 36.4 Å². The number of pyridine rings is 3. The van der Waals surface area contributed by atoms with Gasteiger partial charge in [-0.2, -0.15) is 4.73 Å². The molecule has 0 bridgehead atoms. The van der Waals surface area contributed by atoms with Crippen LogP contribution in [0.5, 0.6) is 0 Å². The third-order valence-corrected chi connectivity index (χ3v) is 19.1. The summed E-state index contributed by atoms with van der Waals surface area (Å²) in [5.74, 6) is 0. The van der Waals surface area contributed by atoms with Gasteiger partial charge in [0.1, 0.15) is 0 Å². The van der Waals surface area contributed by atoms with E-state index in [0.717, 1.165) is 16.5 Å². The zero-order chi connectivity index (χ0) is 52.8. The second-order valence-electron chi connectivity index (χ2n) is 14.5. The summed E-state index contributed by atoms with van der Waals surface area (Å²) in [6.07, 6.45) is 3.10. The highest BCUT2D eigenvalue weighted by atomic mass is 35.5. The second kappa shape index (κ2) is 26.1. The molecule has 6 rings (SSSR count). The van der Waals surface area contributed by atoms with Crippen molar-refractivity contribution in [2.75, 3.05) is 6.54 Å². The summed E-state index contributed by atoms with van der Waals surface area (Å²) in [4.78, 5) is 120. The van der Waals surface area contributed by atoms with Gasteiger partial charge in [-0.3, -0.25) is 47.6 Å². The number of carbonyl (C=O) groups excluding carboxylic acids is 1. The van der Waals surface area contributed by atoms with E-state index in [1.165, 1.54) is 55.0 Å². The molecule has 1 amide bonds. The maximum absolute atomic E-state index is 11.5. The van der Waals surface area contributed by atoms with Crippen LogP contribution in [0.2, 0.25) is 15.1 Å². The van der Waals surface area contributed by atoms with E-state index in [-0.39, 0.29) is 40.8 Å². The Labute approximate surface area is 412 Å². The molecule has 0 aliphatic carbocycles. The minimum absolute atomic E-state index is 0.114. The Hall–Kier alpha value is -3.98. The van der Waals surface area contributed by atoms with E-state index >= 15 is 0 Å². The zero-order valence-corrected chi connectivity index (χ0v) is 42.3. The average molecular weight is 1130 g/mol. The highest BCUT2D eigenvalue weighted by molar-refractivity contribution is 7.71. The molecule has 23 nitrogen and oxygen atoms in total. The summed E-state index contributed by atoms with van der Waals surface area (Å²) in [6, 6.07) is 28.3. The number of hydrogen-bond donors (Lipinski definition) is 12. The molecule has 0 saturated carbocycles. The molecule has 12 N–H and O–H groups in total. The molecular formula is C39H44Cl3N4O19P5. The Balaban J connectivity index is 0.000000249. The number of hydroxylamine groups is 2. The normalized spacial score (nSPS) is 12.5. The van der Waals surface area contributed by atoms with E-state index < -0.39 is 72.8 Å². The molecule has 6 aromatic rings. The molecule has 0 spiro atoms. The van der Waals surface area contributed by atoms with Crippen LogP contribution >= 0.6 is 72.8 Å². The quantitative estimate of drug-likeness (QED) is 0.0169. The van der Waals surface area contributed by atoms with Crippen LogP contribution < -0.4 is 5.56 Å². The largest absolute Gasteiger partial charge is 0.425 e. The number of amides is 1. The van der Waals surface area contributed by atoms with Gasteiger partial charge in [0.2, 0.25) is 6.41 Å².